The van der Waals surface area contributed by atoms with Crippen LogP contribution in [0.2, 0.25) is 0 Å². The van der Waals surface area contributed by atoms with E-state index in [9.17, 15) is 4.79 Å². The van der Waals surface area contributed by atoms with Crippen LogP contribution >= 0.6 is 11.3 Å². The predicted molar refractivity (Wildman–Crippen MR) is 99.8 cm³/mol. The summed E-state index contributed by atoms with van der Waals surface area (Å²) in [5.41, 5.74) is 2.39. The number of carbonyl (C=O) groups excluding carboxylic acids is 1. The molecule has 0 spiro atoms. The SMILES string of the molecule is CN(C)CC[C@H](OC(=O)CC1OCCc2ccccc21)c1cccs1. The van der Waals surface area contributed by atoms with Crippen molar-refractivity contribution in [3.63, 3.8) is 0 Å². The summed E-state index contributed by atoms with van der Waals surface area (Å²) in [6.45, 7) is 1.53. The van der Waals surface area contributed by atoms with Crippen molar-refractivity contribution in [3.05, 3.63) is 57.8 Å². The summed E-state index contributed by atoms with van der Waals surface area (Å²) in [4.78, 5) is 15.8. The molecule has 134 valence electrons. The third kappa shape index (κ3) is 4.91. The normalized spacial score (nSPS) is 18.0. The van der Waals surface area contributed by atoms with Crippen molar-refractivity contribution < 1.29 is 14.3 Å². The number of esters is 1. The van der Waals surface area contributed by atoms with Gasteiger partial charge in [-0.15, -0.1) is 11.3 Å². The van der Waals surface area contributed by atoms with Gasteiger partial charge in [0.2, 0.25) is 0 Å². The molecule has 0 saturated carbocycles. The van der Waals surface area contributed by atoms with Crippen LogP contribution in [0, 0.1) is 0 Å². The fourth-order valence-electron chi connectivity index (χ4n) is 3.11. The standard InChI is InChI=1S/C20H25NO3S/c1-21(2)11-9-17(19-8-5-13-25-19)24-20(22)14-18-16-7-4-3-6-15(16)10-12-23-18/h3-8,13,17-18H,9-12,14H2,1-2H3/t17-,18?/m0/s1. The van der Waals surface area contributed by atoms with Gasteiger partial charge >= 0.3 is 5.97 Å². The molecule has 0 radical (unpaired) electrons. The van der Waals surface area contributed by atoms with Crippen LogP contribution in [0.5, 0.6) is 0 Å². The molecule has 4 nitrogen and oxygen atoms in total. The van der Waals surface area contributed by atoms with Crippen LogP contribution in [0.3, 0.4) is 0 Å². The number of hydrogen-bond acceptors (Lipinski definition) is 5. The van der Waals surface area contributed by atoms with Crippen LogP contribution < -0.4 is 0 Å². The van der Waals surface area contributed by atoms with Gasteiger partial charge in [0.25, 0.3) is 0 Å². The van der Waals surface area contributed by atoms with Crippen molar-refractivity contribution in [1.29, 1.82) is 0 Å². The summed E-state index contributed by atoms with van der Waals surface area (Å²) in [7, 11) is 4.06. The van der Waals surface area contributed by atoms with E-state index in [1.807, 2.05) is 43.7 Å². The van der Waals surface area contributed by atoms with E-state index < -0.39 is 0 Å². The first-order chi connectivity index (χ1) is 12.1. The molecule has 1 aromatic heterocycles. The Morgan fingerprint density at radius 3 is 2.92 bits per heavy atom. The Morgan fingerprint density at radius 1 is 1.32 bits per heavy atom. The molecule has 0 aliphatic carbocycles. The zero-order chi connectivity index (χ0) is 17.6. The van der Waals surface area contributed by atoms with Crippen molar-refractivity contribution >= 4 is 17.3 Å². The zero-order valence-electron chi connectivity index (χ0n) is 14.8. The molecular formula is C20H25NO3S. The Kier molecular flexibility index (Phi) is 6.24. The summed E-state index contributed by atoms with van der Waals surface area (Å²) in [6.07, 6.45) is 1.58. The number of ether oxygens (including phenoxy) is 2. The monoisotopic (exact) mass is 359 g/mol. The first-order valence-electron chi connectivity index (χ1n) is 8.70. The highest BCUT2D eigenvalue weighted by Gasteiger charge is 2.26. The summed E-state index contributed by atoms with van der Waals surface area (Å²) in [6, 6.07) is 12.2. The molecule has 5 heteroatoms. The molecule has 2 heterocycles. The molecule has 0 saturated heterocycles. The molecule has 1 unspecified atom stereocenters. The topological polar surface area (TPSA) is 38.8 Å². The van der Waals surface area contributed by atoms with Gasteiger partial charge in [0.15, 0.2) is 0 Å². The Morgan fingerprint density at radius 2 is 2.16 bits per heavy atom. The average molecular weight is 359 g/mol. The third-order valence-corrected chi connectivity index (χ3v) is 5.38. The van der Waals surface area contributed by atoms with Gasteiger partial charge in [-0.25, -0.2) is 0 Å². The molecule has 1 aliphatic rings. The maximum absolute atomic E-state index is 12.6. The van der Waals surface area contributed by atoms with E-state index in [1.54, 1.807) is 11.3 Å². The molecule has 2 atom stereocenters. The lowest BCUT2D eigenvalue weighted by atomic mass is 9.96. The maximum atomic E-state index is 12.6. The summed E-state index contributed by atoms with van der Waals surface area (Å²) >= 11 is 1.63. The van der Waals surface area contributed by atoms with E-state index in [4.69, 9.17) is 9.47 Å². The van der Waals surface area contributed by atoms with Gasteiger partial charge in [0.05, 0.1) is 19.1 Å². The molecule has 0 bridgehead atoms. The second-order valence-corrected chi connectivity index (χ2v) is 7.58. The van der Waals surface area contributed by atoms with Crippen molar-refractivity contribution in [3.8, 4) is 0 Å². The lowest BCUT2D eigenvalue weighted by Crippen LogP contribution is -2.22. The number of nitrogens with zero attached hydrogens (tertiary/aromatic N) is 1. The van der Waals surface area contributed by atoms with Gasteiger partial charge in [0, 0.05) is 17.8 Å². The van der Waals surface area contributed by atoms with E-state index in [0.29, 0.717) is 6.61 Å². The first kappa shape index (κ1) is 18.1. The second-order valence-electron chi connectivity index (χ2n) is 6.60. The quantitative estimate of drug-likeness (QED) is 0.701. The molecule has 2 aromatic rings. The minimum absolute atomic E-state index is 0.186. The molecule has 0 amide bonds. The minimum atomic E-state index is -0.199. The number of thiophene rings is 1. The molecule has 25 heavy (non-hydrogen) atoms. The van der Waals surface area contributed by atoms with E-state index >= 15 is 0 Å². The van der Waals surface area contributed by atoms with Crippen LogP contribution in [0.25, 0.3) is 0 Å². The third-order valence-electron chi connectivity index (χ3n) is 4.42. The van der Waals surface area contributed by atoms with Crippen molar-refractivity contribution in [2.24, 2.45) is 0 Å². The number of benzene rings is 1. The van der Waals surface area contributed by atoms with Crippen LogP contribution in [-0.4, -0.2) is 38.1 Å². The summed E-state index contributed by atoms with van der Waals surface area (Å²) < 4.78 is 11.7. The van der Waals surface area contributed by atoms with E-state index in [0.717, 1.165) is 29.8 Å². The molecule has 1 aliphatic heterocycles. The average Bonchev–Trinajstić information content (AvgIpc) is 3.13. The number of hydrogen-bond donors (Lipinski definition) is 0. The van der Waals surface area contributed by atoms with E-state index in [1.165, 1.54) is 5.56 Å². The van der Waals surface area contributed by atoms with Gasteiger partial charge in [-0.05, 0) is 43.1 Å². The molecule has 1 aromatic carbocycles. The lowest BCUT2D eigenvalue weighted by Gasteiger charge is -2.26. The Labute approximate surface area is 153 Å². The van der Waals surface area contributed by atoms with Gasteiger partial charge in [-0.1, -0.05) is 30.3 Å². The van der Waals surface area contributed by atoms with Gasteiger partial charge in [0.1, 0.15) is 6.10 Å². The predicted octanol–water partition coefficient (Wildman–Crippen LogP) is 3.99. The minimum Gasteiger partial charge on any atom is -0.456 e. The van der Waals surface area contributed by atoms with Crippen LogP contribution in [0.4, 0.5) is 0 Å². The van der Waals surface area contributed by atoms with Gasteiger partial charge in [-0.3, -0.25) is 4.79 Å². The van der Waals surface area contributed by atoms with Crippen molar-refractivity contribution in [2.75, 3.05) is 27.2 Å². The Hall–Kier alpha value is -1.69. The fraction of sp³-hybridized carbons (Fsp3) is 0.450. The van der Waals surface area contributed by atoms with Crippen molar-refractivity contribution in [2.45, 2.75) is 31.5 Å². The van der Waals surface area contributed by atoms with Crippen LogP contribution in [0.15, 0.2) is 41.8 Å². The Bertz CT molecular complexity index is 684. The van der Waals surface area contributed by atoms with E-state index in [2.05, 4.69) is 17.0 Å². The smallest absolute Gasteiger partial charge is 0.309 e. The molecular weight excluding hydrogens is 334 g/mol. The highest BCUT2D eigenvalue weighted by Crippen LogP contribution is 2.32. The molecule has 0 N–H and O–H groups in total. The van der Waals surface area contributed by atoms with Crippen LogP contribution in [-0.2, 0) is 20.7 Å². The number of fused-ring (bicyclic) bond motifs is 1. The second kappa shape index (κ2) is 8.61. The van der Waals surface area contributed by atoms with Crippen molar-refractivity contribution in [1.82, 2.24) is 4.90 Å². The fourth-order valence-corrected chi connectivity index (χ4v) is 3.90. The highest BCUT2D eigenvalue weighted by atomic mass is 32.1. The highest BCUT2D eigenvalue weighted by molar-refractivity contribution is 7.10. The first-order valence-corrected chi connectivity index (χ1v) is 9.58. The van der Waals surface area contributed by atoms with E-state index in [-0.39, 0.29) is 24.6 Å². The summed E-state index contributed by atoms with van der Waals surface area (Å²) in [5.74, 6) is -0.196. The van der Waals surface area contributed by atoms with Gasteiger partial charge < -0.3 is 14.4 Å². The largest absolute Gasteiger partial charge is 0.456 e. The Balaban J connectivity index is 1.64. The zero-order valence-corrected chi connectivity index (χ0v) is 15.6. The lowest BCUT2D eigenvalue weighted by molar-refractivity contribution is -0.153. The number of carbonyl (C=O) groups is 1. The number of rotatable bonds is 7. The molecule has 3 rings (SSSR count). The van der Waals surface area contributed by atoms with Gasteiger partial charge in [-0.2, -0.15) is 0 Å². The molecule has 0 fully saturated rings. The maximum Gasteiger partial charge on any atom is 0.309 e. The summed E-state index contributed by atoms with van der Waals surface area (Å²) in [5, 5.41) is 2.02. The van der Waals surface area contributed by atoms with Crippen LogP contribution in [0.1, 0.15) is 41.1 Å².